The SMILES string of the molecule is CCC(OC(N)=O)C(=O)c1nc2ccccc2o1. The first kappa shape index (κ1) is 12.1. The highest BCUT2D eigenvalue weighted by Gasteiger charge is 2.26. The molecule has 1 amide bonds. The summed E-state index contributed by atoms with van der Waals surface area (Å²) >= 11 is 0. The van der Waals surface area contributed by atoms with Gasteiger partial charge in [-0.25, -0.2) is 9.78 Å². The van der Waals surface area contributed by atoms with Crippen molar-refractivity contribution in [1.82, 2.24) is 4.98 Å². The lowest BCUT2D eigenvalue weighted by molar-refractivity contribution is 0.0616. The van der Waals surface area contributed by atoms with Gasteiger partial charge in [-0.1, -0.05) is 19.1 Å². The molecule has 94 valence electrons. The number of hydrogen-bond acceptors (Lipinski definition) is 5. The summed E-state index contributed by atoms with van der Waals surface area (Å²) in [6, 6.07) is 7.00. The van der Waals surface area contributed by atoms with Crippen LogP contribution in [0.5, 0.6) is 0 Å². The third-order valence-corrected chi connectivity index (χ3v) is 2.43. The molecule has 0 saturated carbocycles. The van der Waals surface area contributed by atoms with Crippen molar-refractivity contribution in [2.45, 2.75) is 19.4 Å². The molecule has 0 aliphatic carbocycles. The van der Waals surface area contributed by atoms with Crippen LogP contribution in [0.2, 0.25) is 0 Å². The van der Waals surface area contributed by atoms with E-state index in [4.69, 9.17) is 14.9 Å². The summed E-state index contributed by atoms with van der Waals surface area (Å²) in [5.74, 6) is -0.572. The zero-order valence-corrected chi connectivity index (χ0v) is 9.75. The molecule has 0 radical (unpaired) electrons. The van der Waals surface area contributed by atoms with Gasteiger partial charge in [-0.05, 0) is 18.6 Å². The van der Waals surface area contributed by atoms with Gasteiger partial charge in [0, 0.05) is 0 Å². The molecule has 0 bridgehead atoms. The first-order valence-electron chi connectivity index (χ1n) is 5.47. The summed E-state index contributed by atoms with van der Waals surface area (Å²) in [5.41, 5.74) is 5.98. The number of ketones is 1. The Hall–Kier alpha value is -2.37. The number of primary amides is 1. The molecule has 2 N–H and O–H groups in total. The Morgan fingerprint density at radius 2 is 2.17 bits per heavy atom. The lowest BCUT2D eigenvalue weighted by atomic mass is 10.2. The highest BCUT2D eigenvalue weighted by atomic mass is 16.6. The number of carbonyl (C=O) groups is 2. The van der Waals surface area contributed by atoms with E-state index in [0.29, 0.717) is 17.5 Å². The van der Waals surface area contributed by atoms with E-state index in [9.17, 15) is 9.59 Å². The van der Waals surface area contributed by atoms with Crippen LogP contribution in [0.25, 0.3) is 11.1 Å². The number of carbonyl (C=O) groups excluding carboxylic acids is 2. The van der Waals surface area contributed by atoms with Gasteiger partial charge >= 0.3 is 6.09 Å². The molecule has 6 nitrogen and oxygen atoms in total. The van der Waals surface area contributed by atoms with E-state index in [1.54, 1.807) is 31.2 Å². The van der Waals surface area contributed by atoms with Crippen molar-refractivity contribution in [1.29, 1.82) is 0 Å². The van der Waals surface area contributed by atoms with Gasteiger partial charge in [0.15, 0.2) is 11.7 Å². The average Bonchev–Trinajstić information content (AvgIpc) is 2.78. The molecule has 1 aromatic carbocycles. The maximum absolute atomic E-state index is 12.0. The molecule has 1 atom stereocenters. The maximum atomic E-state index is 12.0. The first-order chi connectivity index (χ1) is 8.61. The molecule has 1 aromatic heterocycles. The number of nitrogens with two attached hydrogens (primary N) is 1. The predicted molar refractivity (Wildman–Crippen MR) is 63.1 cm³/mol. The second kappa shape index (κ2) is 4.87. The third-order valence-electron chi connectivity index (χ3n) is 2.43. The summed E-state index contributed by atoms with van der Waals surface area (Å²) in [7, 11) is 0. The van der Waals surface area contributed by atoms with Crippen molar-refractivity contribution in [3.8, 4) is 0 Å². The first-order valence-corrected chi connectivity index (χ1v) is 5.47. The van der Waals surface area contributed by atoms with Crippen molar-refractivity contribution >= 4 is 23.0 Å². The number of hydrogen-bond donors (Lipinski definition) is 1. The molecule has 18 heavy (non-hydrogen) atoms. The van der Waals surface area contributed by atoms with Crippen LogP contribution in [0.15, 0.2) is 28.7 Å². The minimum atomic E-state index is -0.994. The minimum Gasteiger partial charge on any atom is -0.438 e. The minimum absolute atomic E-state index is 0.0794. The molecule has 0 saturated heterocycles. The number of amides is 1. The van der Waals surface area contributed by atoms with Crippen LogP contribution in [-0.4, -0.2) is 23.0 Å². The Bertz CT molecular complexity index is 558. The largest absolute Gasteiger partial charge is 0.438 e. The standard InChI is InChI=1S/C12H12N2O4/c1-2-8(18-12(13)16)10(15)11-14-7-5-3-4-6-9(7)17-11/h3-6,8H,2H2,1H3,(H2,13,16). The van der Waals surface area contributed by atoms with Crippen LogP contribution in [-0.2, 0) is 4.74 Å². The smallest absolute Gasteiger partial charge is 0.405 e. The van der Waals surface area contributed by atoms with Crippen LogP contribution < -0.4 is 5.73 Å². The summed E-state index contributed by atoms with van der Waals surface area (Å²) in [6.07, 6.45) is -1.65. The molecular weight excluding hydrogens is 236 g/mol. The van der Waals surface area contributed by atoms with Gasteiger partial charge in [0.05, 0.1) is 0 Å². The molecular formula is C12H12N2O4. The number of ether oxygens (including phenoxy) is 1. The lowest BCUT2D eigenvalue weighted by Gasteiger charge is -2.10. The van der Waals surface area contributed by atoms with Crippen LogP contribution in [0.3, 0.4) is 0 Å². The van der Waals surface area contributed by atoms with E-state index < -0.39 is 18.0 Å². The van der Waals surface area contributed by atoms with Crippen molar-refractivity contribution in [3.05, 3.63) is 30.2 Å². The van der Waals surface area contributed by atoms with Crippen molar-refractivity contribution in [2.75, 3.05) is 0 Å². The van der Waals surface area contributed by atoms with Crippen molar-refractivity contribution in [3.63, 3.8) is 0 Å². The van der Waals surface area contributed by atoms with Crippen LogP contribution in [0, 0.1) is 0 Å². The third kappa shape index (κ3) is 2.32. The average molecular weight is 248 g/mol. The van der Waals surface area contributed by atoms with Crippen LogP contribution in [0.1, 0.15) is 24.0 Å². The number of benzene rings is 1. The predicted octanol–water partition coefficient (Wildman–Crippen LogP) is 1.88. The van der Waals surface area contributed by atoms with Gasteiger partial charge in [0.2, 0.25) is 0 Å². The second-order valence-electron chi connectivity index (χ2n) is 3.68. The zero-order valence-electron chi connectivity index (χ0n) is 9.75. The Balaban J connectivity index is 2.29. The number of oxazole rings is 1. The van der Waals surface area contributed by atoms with E-state index in [0.717, 1.165) is 0 Å². The van der Waals surface area contributed by atoms with Crippen LogP contribution >= 0.6 is 0 Å². The van der Waals surface area contributed by atoms with Gasteiger partial charge in [-0.2, -0.15) is 0 Å². The number of fused-ring (bicyclic) bond motifs is 1. The van der Waals surface area contributed by atoms with Gasteiger partial charge in [0.25, 0.3) is 11.7 Å². The summed E-state index contributed by atoms with van der Waals surface area (Å²) in [6.45, 7) is 1.70. The molecule has 1 heterocycles. The number of nitrogens with zero attached hydrogens (tertiary/aromatic N) is 1. The normalized spacial score (nSPS) is 12.3. The number of para-hydroxylation sites is 2. The van der Waals surface area contributed by atoms with E-state index in [1.807, 2.05) is 0 Å². The van der Waals surface area contributed by atoms with Crippen molar-refractivity contribution in [2.24, 2.45) is 5.73 Å². The fraction of sp³-hybridized carbons (Fsp3) is 0.250. The molecule has 2 aromatic rings. The summed E-state index contributed by atoms with van der Waals surface area (Å²) in [4.78, 5) is 26.7. The molecule has 1 unspecified atom stereocenters. The lowest BCUT2D eigenvalue weighted by Crippen LogP contribution is -2.29. The molecule has 0 spiro atoms. The van der Waals surface area contributed by atoms with E-state index in [1.165, 1.54) is 0 Å². The topological polar surface area (TPSA) is 95.4 Å². The molecule has 6 heteroatoms. The Labute approximate surface area is 103 Å². The molecule has 0 aliphatic heterocycles. The fourth-order valence-electron chi connectivity index (χ4n) is 1.58. The number of aromatic nitrogens is 1. The van der Waals surface area contributed by atoms with Crippen molar-refractivity contribution < 1.29 is 18.7 Å². The number of rotatable bonds is 4. The van der Waals surface area contributed by atoms with Gasteiger partial charge in [-0.15, -0.1) is 0 Å². The van der Waals surface area contributed by atoms with E-state index >= 15 is 0 Å². The van der Waals surface area contributed by atoms with Gasteiger partial charge in [-0.3, -0.25) is 4.79 Å². The highest BCUT2D eigenvalue weighted by Crippen LogP contribution is 2.17. The molecule has 0 aliphatic rings. The Kier molecular flexibility index (Phi) is 3.27. The Morgan fingerprint density at radius 3 is 2.78 bits per heavy atom. The van der Waals surface area contributed by atoms with Crippen LogP contribution in [0.4, 0.5) is 4.79 Å². The quantitative estimate of drug-likeness (QED) is 0.833. The second-order valence-corrected chi connectivity index (χ2v) is 3.68. The fourth-order valence-corrected chi connectivity index (χ4v) is 1.58. The number of Topliss-reactive ketones (excluding diaryl/α,β-unsaturated/α-hetero) is 1. The zero-order chi connectivity index (χ0) is 13.1. The summed E-state index contributed by atoms with van der Waals surface area (Å²) < 4.78 is 10.0. The summed E-state index contributed by atoms with van der Waals surface area (Å²) in [5, 5.41) is 0. The van der Waals surface area contributed by atoms with Gasteiger partial charge < -0.3 is 14.9 Å². The molecule has 0 fully saturated rings. The molecule has 2 rings (SSSR count). The monoisotopic (exact) mass is 248 g/mol. The van der Waals surface area contributed by atoms with Gasteiger partial charge in [0.1, 0.15) is 5.52 Å². The highest BCUT2D eigenvalue weighted by molar-refractivity contribution is 5.98. The maximum Gasteiger partial charge on any atom is 0.405 e. The van der Waals surface area contributed by atoms with E-state index in [2.05, 4.69) is 4.98 Å². The van der Waals surface area contributed by atoms with E-state index in [-0.39, 0.29) is 5.89 Å². The Morgan fingerprint density at radius 1 is 1.44 bits per heavy atom.